The Morgan fingerprint density at radius 1 is 0.660 bits per heavy atom. The number of nitrogens with one attached hydrogen (secondary N) is 1. The molecule has 0 spiro atoms. The van der Waals surface area contributed by atoms with Crippen LogP contribution in [0.15, 0.2) is 125 Å². The van der Waals surface area contributed by atoms with Crippen LogP contribution in [0.25, 0.3) is 0 Å². The van der Waals surface area contributed by atoms with Crippen LogP contribution in [-0.4, -0.2) is 25.8 Å². The average Bonchev–Trinajstić information content (AvgIpc) is 3.11. The maximum Gasteiger partial charge on any atom is 0.271 e. The number of rotatable bonds is 15. The first kappa shape index (κ1) is 33.1. The van der Waals surface area contributed by atoms with Crippen molar-refractivity contribution in [2.24, 2.45) is 5.10 Å². The summed E-state index contributed by atoms with van der Waals surface area (Å²) >= 11 is 3.50. The normalized spacial score (nSPS) is 10.8. The van der Waals surface area contributed by atoms with Crippen molar-refractivity contribution < 1.29 is 28.5 Å². The average molecular weight is 696 g/mol. The van der Waals surface area contributed by atoms with Gasteiger partial charge in [0.25, 0.3) is 5.91 Å². The van der Waals surface area contributed by atoms with E-state index in [0.717, 1.165) is 21.2 Å². The fourth-order valence-corrected chi connectivity index (χ4v) is 4.95. The summed E-state index contributed by atoms with van der Waals surface area (Å²) in [5.41, 5.74) is 6.65. The van der Waals surface area contributed by atoms with Crippen LogP contribution in [0.3, 0.4) is 0 Å². The van der Waals surface area contributed by atoms with Gasteiger partial charge in [0.1, 0.15) is 25.6 Å². The zero-order chi connectivity index (χ0) is 32.8. The second-order valence-corrected chi connectivity index (χ2v) is 11.2. The van der Waals surface area contributed by atoms with Gasteiger partial charge in [0.2, 0.25) is 0 Å². The Hall–Kier alpha value is -5.28. The van der Waals surface area contributed by atoms with Crippen LogP contribution in [0.5, 0.6) is 28.7 Å². The molecule has 9 heteroatoms. The van der Waals surface area contributed by atoms with Gasteiger partial charge in [-0.25, -0.2) is 5.43 Å². The summed E-state index contributed by atoms with van der Waals surface area (Å²) in [4.78, 5) is 13.0. The Balaban J connectivity index is 1.21. The van der Waals surface area contributed by atoms with Crippen LogP contribution < -0.4 is 29.1 Å². The van der Waals surface area contributed by atoms with E-state index in [4.69, 9.17) is 23.7 Å². The highest BCUT2D eigenvalue weighted by molar-refractivity contribution is 9.10. The monoisotopic (exact) mass is 694 g/mol. The van der Waals surface area contributed by atoms with Gasteiger partial charge in [0.05, 0.1) is 19.9 Å². The SMILES string of the molecule is CCOc1cc(C(=O)N/N=C/c2cc(Br)ccc2OCc2ccc(OCc3ccccc3)c(OC)c2)ccc1OCc1ccccc1. The van der Waals surface area contributed by atoms with E-state index in [0.29, 0.717) is 59.7 Å². The molecule has 0 saturated carbocycles. The number of benzene rings is 5. The van der Waals surface area contributed by atoms with Gasteiger partial charge in [-0.15, -0.1) is 0 Å². The number of ether oxygens (including phenoxy) is 5. The maximum absolute atomic E-state index is 13.0. The van der Waals surface area contributed by atoms with E-state index < -0.39 is 5.91 Å². The number of hydrazone groups is 1. The summed E-state index contributed by atoms with van der Waals surface area (Å²) in [6, 6.07) is 36.1. The number of nitrogens with zero attached hydrogens (tertiary/aromatic N) is 1. The van der Waals surface area contributed by atoms with Crippen molar-refractivity contribution in [3.05, 3.63) is 148 Å². The molecule has 0 atom stereocenters. The second kappa shape index (κ2) is 16.9. The molecule has 0 radical (unpaired) electrons. The van der Waals surface area contributed by atoms with Crippen molar-refractivity contribution >= 4 is 28.1 Å². The Morgan fingerprint density at radius 3 is 1.91 bits per heavy atom. The Labute approximate surface area is 283 Å². The molecular weight excluding hydrogens is 660 g/mol. The molecule has 47 heavy (non-hydrogen) atoms. The highest BCUT2D eigenvalue weighted by Gasteiger charge is 2.13. The number of hydrogen-bond acceptors (Lipinski definition) is 7. The zero-order valence-electron chi connectivity index (χ0n) is 26.2. The second-order valence-electron chi connectivity index (χ2n) is 10.3. The van der Waals surface area contributed by atoms with Crippen molar-refractivity contribution in [3.63, 3.8) is 0 Å². The van der Waals surface area contributed by atoms with Crippen LogP contribution in [0, 0.1) is 0 Å². The standard InChI is InChI=1S/C38H35BrN2O6/c1-3-44-37-22-30(15-18-35(37)47-25-28-12-8-5-9-13-28)38(42)41-40-23-31-21-32(39)16-19-33(31)45-26-29-14-17-34(36(20-29)43-2)46-24-27-10-6-4-7-11-27/h4-23H,3,24-26H2,1-2H3,(H,41,42)/b40-23+. The first-order chi connectivity index (χ1) is 23.0. The Bertz CT molecular complexity index is 1800. The number of carbonyl (C=O) groups is 1. The molecule has 0 aromatic heterocycles. The predicted molar refractivity (Wildman–Crippen MR) is 186 cm³/mol. The largest absolute Gasteiger partial charge is 0.493 e. The smallest absolute Gasteiger partial charge is 0.271 e. The summed E-state index contributed by atoms with van der Waals surface area (Å²) < 4.78 is 30.2. The lowest BCUT2D eigenvalue weighted by Gasteiger charge is -2.14. The Kier molecular flexibility index (Phi) is 11.9. The van der Waals surface area contributed by atoms with Gasteiger partial charge in [-0.2, -0.15) is 5.10 Å². The lowest BCUT2D eigenvalue weighted by molar-refractivity contribution is 0.0954. The lowest BCUT2D eigenvalue weighted by atomic mass is 10.2. The van der Waals surface area contributed by atoms with Crippen molar-refractivity contribution in [2.75, 3.05) is 13.7 Å². The fourth-order valence-electron chi connectivity index (χ4n) is 4.57. The van der Waals surface area contributed by atoms with E-state index in [9.17, 15) is 4.79 Å². The molecule has 240 valence electrons. The number of carbonyl (C=O) groups excluding carboxylic acids is 1. The minimum absolute atomic E-state index is 0.281. The van der Waals surface area contributed by atoms with Crippen molar-refractivity contribution in [3.8, 4) is 28.7 Å². The summed E-state index contributed by atoms with van der Waals surface area (Å²) in [6.07, 6.45) is 1.54. The Morgan fingerprint density at radius 2 is 1.26 bits per heavy atom. The molecule has 0 bridgehead atoms. The molecule has 0 unspecified atom stereocenters. The van der Waals surface area contributed by atoms with Crippen LogP contribution in [-0.2, 0) is 19.8 Å². The molecule has 0 aliphatic rings. The third-order valence-electron chi connectivity index (χ3n) is 6.94. The van der Waals surface area contributed by atoms with E-state index in [1.54, 1.807) is 31.5 Å². The first-order valence-electron chi connectivity index (χ1n) is 15.1. The molecule has 5 aromatic carbocycles. The molecule has 0 fully saturated rings. The third-order valence-corrected chi connectivity index (χ3v) is 7.44. The van der Waals surface area contributed by atoms with Crippen LogP contribution in [0.1, 0.15) is 39.5 Å². The highest BCUT2D eigenvalue weighted by Crippen LogP contribution is 2.31. The molecule has 0 saturated heterocycles. The number of halogens is 1. The molecule has 8 nitrogen and oxygen atoms in total. The molecule has 0 aliphatic carbocycles. The number of hydrogen-bond donors (Lipinski definition) is 1. The van der Waals surface area contributed by atoms with E-state index >= 15 is 0 Å². The van der Waals surface area contributed by atoms with Crippen LogP contribution >= 0.6 is 15.9 Å². The summed E-state index contributed by atoms with van der Waals surface area (Å²) in [5.74, 6) is 2.50. The fraction of sp³-hybridized carbons (Fsp3) is 0.158. The van der Waals surface area contributed by atoms with E-state index in [2.05, 4.69) is 26.5 Å². The number of methoxy groups -OCH3 is 1. The minimum Gasteiger partial charge on any atom is -0.493 e. The van der Waals surface area contributed by atoms with Crippen LogP contribution in [0.2, 0.25) is 0 Å². The molecule has 1 N–H and O–H groups in total. The van der Waals surface area contributed by atoms with Gasteiger partial charge >= 0.3 is 0 Å². The maximum atomic E-state index is 13.0. The molecule has 0 aliphatic heterocycles. The van der Waals surface area contributed by atoms with Crippen molar-refractivity contribution in [1.82, 2.24) is 5.43 Å². The molecule has 5 rings (SSSR count). The summed E-state index contributed by atoms with van der Waals surface area (Å²) in [5, 5.41) is 4.20. The van der Waals surface area contributed by atoms with Gasteiger partial charge in [-0.1, -0.05) is 82.7 Å². The van der Waals surface area contributed by atoms with Gasteiger partial charge in [-0.3, -0.25) is 4.79 Å². The minimum atomic E-state index is -0.393. The van der Waals surface area contributed by atoms with E-state index in [1.165, 1.54) is 0 Å². The van der Waals surface area contributed by atoms with Crippen LogP contribution in [0.4, 0.5) is 0 Å². The van der Waals surface area contributed by atoms with Gasteiger partial charge in [0, 0.05) is 15.6 Å². The van der Waals surface area contributed by atoms with E-state index in [1.807, 2.05) is 104 Å². The predicted octanol–water partition coefficient (Wildman–Crippen LogP) is 8.36. The van der Waals surface area contributed by atoms with Gasteiger partial charge < -0.3 is 23.7 Å². The third kappa shape index (κ3) is 9.61. The lowest BCUT2D eigenvalue weighted by Crippen LogP contribution is -2.18. The topological polar surface area (TPSA) is 87.6 Å². The quantitative estimate of drug-likeness (QED) is 0.0876. The molecular formula is C38H35BrN2O6. The van der Waals surface area contributed by atoms with E-state index in [-0.39, 0.29) is 6.61 Å². The summed E-state index contributed by atoms with van der Waals surface area (Å²) in [7, 11) is 1.61. The van der Waals surface area contributed by atoms with Gasteiger partial charge in [-0.05, 0) is 72.1 Å². The molecule has 0 heterocycles. The zero-order valence-corrected chi connectivity index (χ0v) is 27.7. The first-order valence-corrected chi connectivity index (χ1v) is 15.8. The summed E-state index contributed by atoms with van der Waals surface area (Å²) in [6.45, 7) is 3.41. The van der Waals surface area contributed by atoms with Crippen molar-refractivity contribution in [1.29, 1.82) is 0 Å². The molecule has 5 aromatic rings. The highest BCUT2D eigenvalue weighted by atomic mass is 79.9. The van der Waals surface area contributed by atoms with Crippen molar-refractivity contribution in [2.45, 2.75) is 26.7 Å². The van der Waals surface area contributed by atoms with Gasteiger partial charge in [0.15, 0.2) is 23.0 Å². The molecule has 1 amide bonds. The number of amides is 1.